The Morgan fingerprint density at radius 3 is 1.10 bits per heavy atom. The molecular formula is C96H106Ir4N4O8Si-4. The van der Waals surface area contributed by atoms with E-state index in [4.69, 9.17) is 35.4 Å². The van der Waals surface area contributed by atoms with Crippen molar-refractivity contribution in [3.63, 3.8) is 0 Å². The number of fused-ring (bicyclic) bond motifs is 4. The largest absolute Gasteiger partial charge is 0.512 e. The van der Waals surface area contributed by atoms with E-state index in [0.717, 1.165) is 83.8 Å². The Morgan fingerprint density at radius 2 is 0.690 bits per heavy atom. The van der Waals surface area contributed by atoms with E-state index in [1.165, 1.54) is 162 Å². The van der Waals surface area contributed by atoms with Gasteiger partial charge in [-0.15, -0.1) is 140 Å². The Hall–Kier alpha value is -8.95. The first-order valence-corrected chi connectivity index (χ1v) is 39.6. The molecule has 12 nitrogen and oxygen atoms in total. The minimum atomic E-state index is -1.28. The van der Waals surface area contributed by atoms with E-state index in [-0.39, 0.29) is 127 Å². The van der Waals surface area contributed by atoms with Crippen molar-refractivity contribution in [1.82, 2.24) is 19.9 Å². The van der Waals surface area contributed by atoms with Crippen molar-refractivity contribution >= 4 is 79.9 Å². The maximum atomic E-state index is 10.0. The molecule has 0 aliphatic carbocycles. The number of rotatable bonds is 9. The Balaban J connectivity index is 0.000000670. The summed E-state index contributed by atoms with van der Waals surface area (Å²) in [7, 11) is -1.28. The molecule has 0 saturated carbocycles. The number of hydrogen-bond donors (Lipinski definition) is 4. The van der Waals surface area contributed by atoms with Crippen molar-refractivity contribution in [1.29, 1.82) is 0 Å². The summed E-state index contributed by atoms with van der Waals surface area (Å²) in [6.45, 7) is 45.9. The van der Waals surface area contributed by atoms with Gasteiger partial charge in [-0.1, -0.05) is 171 Å². The van der Waals surface area contributed by atoms with Crippen molar-refractivity contribution in [2.24, 2.45) is 0 Å². The fraction of sp³-hybridized carbons (Fsp3) is 0.250. The molecule has 0 aliphatic heterocycles. The van der Waals surface area contributed by atoms with Gasteiger partial charge in [-0.25, -0.2) is 0 Å². The number of aryl methyl sites for hydroxylation is 13. The average Bonchev–Trinajstić information content (AvgIpc) is 0.815. The van der Waals surface area contributed by atoms with Crippen LogP contribution in [-0.4, -0.2) is 71.6 Å². The summed E-state index contributed by atoms with van der Waals surface area (Å²) >= 11 is 0. The first-order valence-electron chi connectivity index (χ1n) is 36.1. The van der Waals surface area contributed by atoms with Crippen LogP contribution in [0.4, 0.5) is 0 Å². The van der Waals surface area contributed by atoms with E-state index in [1.54, 1.807) is 0 Å². The third-order valence-corrected chi connectivity index (χ3v) is 18.3. The second-order valence-electron chi connectivity index (χ2n) is 29.0. The first-order chi connectivity index (χ1) is 51.0. The van der Waals surface area contributed by atoms with E-state index in [2.05, 4.69) is 284 Å². The van der Waals surface area contributed by atoms with Gasteiger partial charge >= 0.3 is 0 Å². The number of carbonyl (C=O) groups is 4. The standard InChI is InChI=1S/C20H22NSi.2C19H18N.C18H16N.4C5H8O2.4Ir/c1-14-10-15(2)12-17(11-14)20-8-6-16-13-18(22(3,4)5)7-9-19(16)21-20;1-12-7-13(2)10-16(9-12)18-6-5-17-15(4)8-14(3)11-19(17)20-18;1-12-5-6-17-15(4)11-18(20-19(17)10-12)16-8-13(2)7-14(3)9-16;1-12-8-13(2)10-16(9-12)18-14(3)17-7-5-4-6-15(17)11-19-18;4*1-4(6)3-5(2)7;;;;/h6-11,13H,1-5H3;5-9,11H,1-4H3;5-8,10-11H,1-4H3;4-9,11H,1-3H3;4*3,6H,1-2H3;;;;/q4*-1;;;;;;;;. The summed E-state index contributed by atoms with van der Waals surface area (Å²) in [5, 5.41) is 41.1. The van der Waals surface area contributed by atoms with Crippen molar-refractivity contribution in [3.8, 4) is 45.0 Å². The van der Waals surface area contributed by atoms with Crippen LogP contribution in [0.25, 0.3) is 88.5 Å². The predicted molar refractivity (Wildman–Crippen MR) is 457 cm³/mol. The van der Waals surface area contributed by atoms with Crippen LogP contribution in [0.1, 0.15) is 128 Å². The quantitative estimate of drug-likeness (QED) is 0.0462. The molecule has 4 radical (unpaired) electrons. The summed E-state index contributed by atoms with van der Waals surface area (Å²) in [5.41, 5.74) is 27.4. The number of benzene rings is 8. The third kappa shape index (κ3) is 35.1. The summed E-state index contributed by atoms with van der Waals surface area (Å²) in [5.74, 6) is -0.250. The zero-order chi connectivity index (χ0) is 81.3. The number of carbonyl (C=O) groups excluding carboxylic acids is 4. The molecular weight excluding hydrogens is 2130 g/mol. The van der Waals surface area contributed by atoms with Crippen molar-refractivity contribution in [3.05, 3.63) is 302 Å². The van der Waals surface area contributed by atoms with Gasteiger partial charge in [-0.3, -0.25) is 34.1 Å². The second kappa shape index (κ2) is 48.3. The number of ketones is 4. The molecule has 0 aliphatic rings. The van der Waals surface area contributed by atoms with Gasteiger partial charge in [-0.2, -0.15) is 0 Å². The summed E-state index contributed by atoms with van der Waals surface area (Å²) in [4.78, 5) is 59.2. The van der Waals surface area contributed by atoms with Gasteiger partial charge in [0.1, 0.15) is 0 Å². The van der Waals surface area contributed by atoms with E-state index in [9.17, 15) is 19.2 Å². The average molecular weight is 2240 g/mol. The number of allylic oxidation sites excluding steroid dienone is 8. The van der Waals surface area contributed by atoms with Gasteiger partial charge in [0.2, 0.25) is 0 Å². The molecule has 0 saturated heterocycles. The number of aromatic nitrogens is 4. The predicted octanol–water partition coefficient (Wildman–Crippen LogP) is 23.5. The van der Waals surface area contributed by atoms with E-state index in [1.807, 2.05) is 12.3 Å². The Morgan fingerprint density at radius 1 is 0.336 bits per heavy atom. The number of aliphatic hydroxyl groups is 4. The minimum Gasteiger partial charge on any atom is -0.512 e. The van der Waals surface area contributed by atoms with Crippen LogP contribution in [0.2, 0.25) is 19.6 Å². The topological polar surface area (TPSA) is 201 Å². The summed E-state index contributed by atoms with van der Waals surface area (Å²) < 4.78 is 0. The molecule has 17 heteroatoms. The maximum Gasteiger partial charge on any atom is 0.155 e. The van der Waals surface area contributed by atoms with Gasteiger partial charge in [0.25, 0.3) is 0 Å². The fourth-order valence-electron chi connectivity index (χ4n) is 12.0. The number of hydrogen-bond acceptors (Lipinski definition) is 12. The second-order valence-corrected chi connectivity index (χ2v) is 34.0. The van der Waals surface area contributed by atoms with Gasteiger partial charge in [0, 0.05) is 122 Å². The van der Waals surface area contributed by atoms with E-state index >= 15 is 0 Å². The van der Waals surface area contributed by atoms with Crippen molar-refractivity contribution in [2.75, 3.05) is 0 Å². The molecule has 0 spiro atoms. The molecule has 12 rings (SSSR count). The molecule has 0 fully saturated rings. The molecule has 0 unspecified atom stereocenters. The van der Waals surface area contributed by atoms with Crippen LogP contribution in [0, 0.1) is 114 Å². The van der Waals surface area contributed by atoms with Gasteiger partial charge in [0.15, 0.2) is 23.1 Å². The molecule has 0 bridgehead atoms. The summed E-state index contributed by atoms with van der Waals surface area (Å²) in [6, 6.07) is 67.4. The first kappa shape index (κ1) is 102. The normalized spacial score (nSPS) is 10.9. The molecule has 4 aromatic heterocycles. The number of nitrogens with zero attached hydrogens (tertiary/aromatic N) is 4. The van der Waals surface area contributed by atoms with Crippen molar-refractivity contribution in [2.45, 2.75) is 165 Å². The van der Waals surface area contributed by atoms with Crippen molar-refractivity contribution < 1.29 is 120 Å². The van der Waals surface area contributed by atoms with Crippen LogP contribution >= 0.6 is 0 Å². The van der Waals surface area contributed by atoms with E-state index < -0.39 is 8.07 Å². The molecule has 8 aromatic carbocycles. The van der Waals surface area contributed by atoms with Gasteiger partial charge in [-0.05, 0) is 169 Å². The zero-order valence-corrected chi connectivity index (χ0v) is 79.9. The molecule has 113 heavy (non-hydrogen) atoms. The third-order valence-electron chi connectivity index (χ3n) is 16.3. The minimum absolute atomic E-state index is 0. The monoisotopic (exact) mass is 2240 g/mol. The number of aliphatic hydroxyl groups excluding tert-OH is 4. The Bertz CT molecular complexity index is 5200. The van der Waals surface area contributed by atoms with Crippen LogP contribution in [-0.2, 0) is 99.6 Å². The molecule has 12 aromatic rings. The molecule has 4 heterocycles. The summed E-state index contributed by atoms with van der Waals surface area (Å²) in [6.07, 6.45) is 6.61. The molecule has 0 atom stereocenters. The maximum absolute atomic E-state index is 10.0. The van der Waals surface area contributed by atoms with Crippen LogP contribution in [0.3, 0.4) is 0 Å². The van der Waals surface area contributed by atoms with Gasteiger partial charge < -0.3 is 25.4 Å². The number of pyridine rings is 4. The Kier molecular flexibility index (Phi) is 43.6. The molecule has 0 amide bonds. The Labute approximate surface area is 725 Å². The smallest absolute Gasteiger partial charge is 0.155 e. The fourth-order valence-corrected chi connectivity index (χ4v) is 13.2. The molecule has 602 valence electrons. The van der Waals surface area contributed by atoms with Crippen LogP contribution in [0.5, 0.6) is 0 Å². The van der Waals surface area contributed by atoms with Crippen LogP contribution < -0.4 is 5.19 Å². The SMILES string of the molecule is CC(=O)C=C(C)O.CC(=O)C=C(C)O.CC(=O)C=C(C)O.CC(=O)C=C(C)O.Cc1[c-]c(-c2cc(C)c3ccc(C)cc3n2)cc(C)c1.Cc1[c-]c(-c2ccc3c(C)cc(C)cc3n2)cc(C)c1.Cc1[c-]c(-c2ccc3cc([Si](C)(C)C)ccc3n2)cc(C)c1.Cc1[c-]c(-c2ncc3ccccc3c2C)cc(C)c1.[Ir].[Ir].[Ir].[Ir]. The molecule has 4 N–H and O–H groups in total. The van der Waals surface area contributed by atoms with Crippen LogP contribution in [0.15, 0.2) is 205 Å². The van der Waals surface area contributed by atoms with E-state index in [0.29, 0.717) is 0 Å². The zero-order valence-electron chi connectivity index (χ0n) is 69.4. The van der Waals surface area contributed by atoms with Gasteiger partial charge in [0.05, 0.1) is 47.7 Å².